The number of carbonyl (C=O) groups excluding carboxylic acids is 1. The van der Waals surface area contributed by atoms with Gasteiger partial charge in [0.25, 0.3) is 0 Å². The molecule has 0 spiro atoms. The molecule has 0 aromatic carbocycles. The summed E-state index contributed by atoms with van der Waals surface area (Å²) in [6, 6.07) is 3.34. The zero-order valence-corrected chi connectivity index (χ0v) is 6.98. The molecule has 0 aliphatic carbocycles. The fraction of sp³-hybridized carbons (Fsp3) is 0.286. The lowest BCUT2D eigenvalue weighted by Crippen LogP contribution is -1.93. The van der Waals surface area contributed by atoms with E-state index >= 15 is 0 Å². The summed E-state index contributed by atoms with van der Waals surface area (Å²) in [7, 11) is 0. The zero-order chi connectivity index (χ0) is 7.56. The van der Waals surface area contributed by atoms with Crippen LogP contribution in [0.3, 0.4) is 0 Å². The molecule has 0 atom stereocenters. The molecule has 0 radical (unpaired) electrons. The van der Waals surface area contributed by atoms with Gasteiger partial charge in [0.2, 0.25) is 0 Å². The maximum Gasteiger partial charge on any atom is 0.190 e. The van der Waals surface area contributed by atoms with Crippen molar-refractivity contribution in [1.29, 1.82) is 0 Å². The first-order valence-corrected chi connectivity index (χ1v) is 3.02. The summed E-state index contributed by atoms with van der Waals surface area (Å²) in [6.07, 6.45) is 0.331. The van der Waals surface area contributed by atoms with Crippen LogP contribution in [0.5, 0.6) is 0 Å². The van der Waals surface area contributed by atoms with Crippen molar-refractivity contribution in [3.05, 3.63) is 17.9 Å². The van der Waals surface area contributed by atoms with Crippen LogP contribution in [-0.2, 0) is 11.2 Å². The molecular formula is C7H10ClNO2. The van der Waals surface area contributed by atoms with E-state index in [9.17, 15) is 4.79 Å². The Kier molecular flexibility index (Phi) is 3.68. The van der Waals surface area contributed by atoms with E-state index < -0.39 is 0 Å². The standard InChI is InChI=1S/C7H9NO2.ClH/c1-5(9)4-6-2-3-7(8)10-6;/h2-3H,4,8H2,1H3;1H. The van der Waals surface area contributed by atoms with Crippen molar-refractivity contribution >= 4 is 24.1 Å². The molecule has 0 bridgehead atoms. The van der Waals surface area contributed by atoms with Crippen LogP contribution in [0.15, 0.2) is 16.5 Å². The van der Waals surface area contributed by atoms with E-state index in [-0.39, 0.29) is 18.2 Å². The number of ketones is 1. The van der Waals surface area contributed by atoms with E-state index in [1.54, 1.807) is 12.1 Å². The second kappa shape index (κ2) is 4.03. The third-order valence-electron chi connectivity index (χ3n) is 1.11. The predicted octanol–water partition coefficient (Wildman–Crippen LogP) is 1.42. The van der Waals surface area contributed by atoms with E-state index in [0.717, 1.165) is 0 Å². The molecule has 0 unspecified atom stereocenters. The molecule has 11 heavy (non-hydrogen) atoms. The summed E-state index contributed by atoms with van der Waals surface area (Å²) in [4.78, 5) is 10.5. The molecule has 0 aliphatic rings. The molecule has 0 saturated heterocycles. The number of hydrogen-bond acceptors (Lipinski definition) is 3. The maximum atomic E-state index is 10.5. The van der Waals surface area contributed by atoms with Crippen LogP contribution in [0.25, 0.3) is 0 Å². The molecule has 1 aromatic heterocycles. The summed E-state index contributed by atoms with van der Waals surface area (Å²) in [6.45, 7) is 1.51. The summed E-state index contributed by atoms with van der Waals surface area (Å²) < 4.78 is 4.95. The van der Waals surface area contributed by atoms with Gasteiger partial charge in [0.15, 0.2) is 5.88 Å². The van der Waals surface area contributed by atoms with Crippen molar-refractivity contribution in [2.24, 2.45) is 0 Å². The minimum absolute atomic E-state index is 0. The molecule has 0 amide bonds. The van der Waals surface area contributed by atoms with Gasteiger partial charge in [-0.2, -0.15) is 0 Å². The third-order valence-corrected chi connectivity index (χ3v) is 1.11. The Hall–Kier alpha value is -0.960. The molecule has 4 heteroatoms. The molecular weight excluding hydrogens is 166 g/mol. The van der Waals surface area contributed by atoms with Crippen molar-refractivity contribution in [2.75, 3.05) is 5.73 Å². The van der Waals surface area contributed by atoms with Gasteiger partial charge in [-0.3, -0.25) is 4.79 Å². The van der Waals surface area contributed by atoms with Crippen LogP contribution in [0.1, 0.15) is 12.7 Å². The van der Waals surface area contributed by atoms with E-state index in [1.807, 2.05) is 0 Å². The number of hydrogen-bond donors (Lipinski definition) is 1. The molecule has 1 rings (SSSR count). The Morgan fingerprint density at radius 3 is 2.64 bits per heavy atom. The Morgan fingerprint density at radius 1 is 1.64 bits per heavy atom. The summed E-state index contributed by atoms with van der Waals surface area (Å²) >= 11 is 0. The number of nitrogens with two attached hydrogens (primary N) is 1. The van der Waals surface area contributed by atoms with E-state index in [4.69, 9.17) is 10.2 Å². The predicted molar refractivity (Wildman–Crippen MR) is 44.8 cm³/mol. The maximum absolute atomic E-state index is 10.5. The Balaban J connectivity index is 0.000001000. The van der Waals surface area contributed by atoms with Crippen molar-refractivity contribution in [1.82, 2.24) is 0 Å². The smallest absolute Gasteiger partial charge is 0.190 e. The highest BCUT2D eigenvalue weighted by molar-refractivity contribution is 5.85. The van der Waals surface area contributed by atoms with Crippen molar-refractivity contribution in [3.8, 4) is 0 Å². The van der Waals surface area contributed by atoms with Crippen molar-refractivity contribution in [2.45, 2.75) is 13.3 Å². The highest BCUT2D eigenvalue weighted by atomic mass is 35.5. The van der Waals surface area contributed by atoms with Gasteiger partial charge in [-0.25, -0.2) is 0 Å². The van der Waals surface area contributed by atoms with Crippen LogP contribution in [0, 0.1) is 0 Å². The lowest BCUT2D eigenvalue weighted by molar-refractivity contribution is -0.116. The summed E-state index contributed by atoms with van der Waals surface area (Å²) in [5.41, 5.74) is 5.28. The SMILES string of the molecule is CC(=O)Cc1ccc(N)o1.Cl. The first-order valence-electron chi connectivity index (χ1n) is 3.02. The summed E-state index contributed by atoms with van der Waals surface area (Å²) in [5.74, 6) is 1.07. The molecule has 62 valence electrons. The largest absolute Gasteiger partial charge is 0.446 e. The first-order chi connectivity index (χ1) is 4.68. The molecule has 1 heterocycles. The molecule has 1 aromatic rings. The van der Waals surface area contributed by atoms with Crippen LogP contribution in [0.4, 0.5) is 5.88 Å². The van der Waals surface area contributed by atoms with Gasteiger partial charge < -0.3 is 10.2 Å². The minimum atomic E-state index is 0. The lowest BCUT2D eigenvalue weighted by Gasteiger charge is -1.87. The molecule has 0 saturated carbocycles. The third kappa shape index (κ3) is 3.09. The van der Waals surface area contributed by atoms with Gasteiger partial charge in [0, 0.05) is 6.07 Å². The van der Waals surface area contributed by atoms with Crippen LogP contribution in [-0.4, -0.2) is 5.78 Å². The average Bonchev–Trinajstić information content (AvgIpc) is 2.13. The van der Waals surface area contributed by atoms with Crippen molar-refractivity contribution < 1.29 is 9.21 Å². The topological polar surface area (TPSA) is 56.2 Å². The number of rotatable bonds is 2. The number of anilines is 1. The van der Waals surface area contributed by atoms with Crippen molar-refractivity contribution in [3.63, 3.8) is 0 Å². The highest BCUT2D eigenvalue weighted by Gasteiger charge is 2.00. The normalized spacial score (nSPS) is 8.82. The fourth-order valence-electron chi connectivity index (χ4n) is 0.735. The summed E-state index contributed by atoms with van der Waals surface area (Å²) in [5, 5.41) is 0. The number of nitrogen functional groups attached to an aromatic ring is 1. The highest BCUT2D eigenvalue weighted by Crippen LogP contribution is 2.09. The zero-order valence-electron chi connectivity index (χ0n) is 6.16. The number of halogens is 1. The van der Waals surface area contributed by atoms with E-state index in [2.05, 4.69) is 0 Å². The van der Waals surface area contributed by atoms with Gasteiger partial charge in [-0.15, -0.1) is 12.4 Å². The number of furan rings is 1. The molecule has 0 fully saturated rings. The second-order valence-electron chi connectivity index (χ2n) is 2.18. The molecule has 3 nitrogen and oxygen atoms in total. The van der Waals surface area contributed by atoms with Gasteiger partial charge in [-0.05, 0) is 13.0 Å². The van der Waals surface area contributed by atoms with E-state index in [0.29, 0.717) is 18.1 Å². The quantitative estimate of drug-likeness (QED) is 0.740. The molecule has 0 aliphatic heterocycles. The minimum Gasteiger partial charge on any atom is -0.446 e. The van der Waals surface area contributed by atoms with E-state index in [1.165, 1.54) is 6.92 Å². The van der Waals surface area contributed by atoms with Crippen LogP contribution < -0.4 is 5.73 Å². The van der Waals surface area contributed by atoms with Gasteiger partial charge in [-0.1, -0.05) is 0 Å². The Bertz CT molecular complexity index is 244. The van der Waals surface area contributed by atoms with Crippen LogP contribution >= 0.6 is 12.4 Å². The fourth-order valence-corrected chi connectivity index (χ4v) is 0.735. The van der Waals surface area contributed by atoms with Gasteiger partial charge in [0.05, 0.1) is 6.42 Å². The average molecular weight is 176 g/mol. The Morgan fingerprint density at radius 2 is 2.27 bits per heavy atom. The Labute approximate surface area is 71.0 Å². The van der Waals surface area contributed by atoms with Crippen LogP contribution in [0.2, 0.25) is 0 Å². The monoisotopic (exact) mass is 175 g/mol. The molecule has 2 N–H and O–H groups in total. The van der Waals surface area contributed by atoms with Gasteiger partial charge in [0.1, 0.15) is 11.5 Å². The number of carbonyl (C=O) groups is 1. The lowest BCUT2D eigenvalue weighted by atomic mass is 10.2. The second-order valence-corrected chi connectivity index (χ2v) is 2.18. The first kappa shape index (κ1) is 10.0. The number of Topliss-reactive ketones (excluding diaryl/α,β-unsaturated/α-hetero) is 1. The van der Waals surface area contributed by atoms with Gasteiger partial charge >= 0.3 is 0 Å².